The van der Waals surface area contributed by atoms with Crippen molar-refractivity contribution in [3.05, 3.63) is 36.5 Å². The Kier molecular flexibility index (Phi) is 3.74. The number of carboxylic acid groups (broad SMARTS) is 1. The van der Waals surface area contributed by atoms with Crippen molar-refractivity contribution in [1.82, 2.24) is 4.98 Å². The van der Waals surface area contributed by atoms with Crippen LogP contribution in [0.25, 0.3) is 10.9 Å². The van der Waals surface area contributed by atoms with Gasteiger partial charge in [0.25, 0.3) is 0 Å². The fourth-order valence-corrected chi connectivity index (χ4v) is 1.72. The van der Waals surface area contributed by atoms with Crippen molar-refractivity contribution >= 4 is 22.6 Å². The minimum absolute atomic E-state index is 0.208. The summed E-state index contributed by atoms with van der Waals surface area (Å²) >= 11 is 0. The molecule has 0 aliphatic carbocycles. The normalized spacial score (nSPS) is 12.3. The van der Waals surface area contributed by atoms with Gasteiger partial charge in [-0.1, -0.05) is 18.2 Å². The molecule has 2 rings (SSSR count). The van der Waals surface area contributed by atoms with E-state index in [1.54, 1.807) is 6.20 Å². The van der Waals surface area contributed by atoms with Crippen molar-refractivity contribution in [2.45, 2.75) is 6.10 Å². The molecule has 0 aliphatic rings. The van der Waals surface area contributed by atoms with Gasteiger partial charge in [-0.2, -0.15) is 0 Å². The summed E-state index contributed by atoms with van der Waals surface area (Å²) in [5, 5.41) is 12.9. The van der Waals surface area contributed by atoms with Gasteiger partial charge < -0.3 is 15.2 Å². The Balaban J connectivity index is 2.19. The van der Waals surface area contributed by atoms with Crippen LogP contribution in [0, 0.1) is 0 Å². The Morgan fingerprint density at radius 2 is 2.22 bits per heavy atom. The largest absolute Gasteiger partial charge is 0.479 e. The van der Waals surface area contributed by atoms with Crippen LogP contribution in [0.1, 0.15) is 0 Å². The Labute approximate surface area is 104 Å². The zero-order chi connectivity index (χ0) is 13.0. The average Bonchev–Trinajstić information content (AvgIpc) is 2.39. The first kappa shape index (κ1) is 12.3. The van der Waals surface area contributed by atoms with Crippen LogP contribution < -0.4 is 5.32 Å². The molecule has 0 saturated heterocycles. The summed E-state index contributed by atoms with van der Waals surface area (Å²) in [6.07, 6.45) is 0.824. The smallest absolute Gasteiger partial charge is 0.334 e. The summed E-state index contributed by atoms with van der Waals surface area (Å²) in [6.45, 7) is 0.208. The number of fused-ring (bicyclic) bond motifs is 1. The molecule has 2 aromatic rings. The maximum Gasteiger partial charge on any atom is 0.334 e. The summed E-state index contributed by atoms with van der Waals surface area (Å²) in [7, 11) is 1.38. The molecule has 0 saturated carbocycles. The molecular weight excluding hydrogens is 232 g/mol. The van der Waals surface area contributed by atoms with Gasteiger partial charge in [-0.25, -0.2) is 4.79 Å². The van der Waals surface area contributed by atoms with Crippen LogP contribution in [-0.4, -0.2) is 35.8 Å². The van der Waals surface area contributed by atoms with E-state index in [0.29, 0.717) is 0 Å². The molecule has 2 N–H and O–H groups in total. The number of methoxy groups -OCH3 is 1. The number of carboxylic acids is 1. The van der Waals surface area contributed by atoms with Crippen molar-refractivity contribution in [1.29, 1.82) is 0 Å². The lowest BCUT2D eigenvalue weighted by atomic mass is 10.2. The van der Waals surface area contributed by atoms with E-state index in [1.807, 2.05) is 30.3 Å². The summed E-state index contributed by atoms with van der Waals surface area (Å²) in [5.41, 5.74) is 1.72. The second-order valence-electron chi connectivity index (χ2n) is 3.82. The molecule has 5 heteroatoms. The number of aliphatic carboxylic acids is 1. The first-order valence-corrected chi connectivity index (χ1v) is 5.55. The minimum Gasteiger partial charge on any atom is -0.479 e. The number of para-hydroxylation sites is 1. The van der Waals surface area contributed by atoms with Crippen LogP contribution in [0.3, 0.4) is 0 Å². The van der Waals surface area contributed by atoms with Gasteiger partial charge in [0.15, 0.2) is 6.10 Å². The number of pyridine rings is 1. The number of hydrogen-bond donors (Lipinski definition) is 2. The molecule has 18 heavy (non-hydrogen) atoms. The standard InChI is InChI=1S/C13H14N2O3/c1-18-12(13(16)17)8-15-11-6-7-14-10-5-3-2-4-9(10)11/h2-7,12H,8H2,1H3,(H,14,15)(H,16,17). The highest BCUT2D eigenvalue weighted by Gasteiger charge is 2.15. The monoisotopic (exact) mass is 246 g/mol. The van der Waals surface area contributed by atoms with Crippen LogP contribution in [0.2, 0.25) is 0 Å². The number of benzene rings is 1. The van der Waals surface area contributed by atoms with Gasteiger partial charge >= 0.3 is 5.97 Å². The van der Waals surface area contributed by atoms with E-state index in [4.69, 9.17) is 9.84 Å². The fraction of sp³-hybridized carbons (Fsp3) is 0.231. The van der Waals surface area contributed by atoms with Crippen LogP contribution in [0.4, 0.5) is 5.69 Å². The highest BCUT2D eigenvalue weighted by Crippen LogP contribution is 2.20. The van der Waals surface area contributed by atoms with Gasteiger partial charge in [-0.05, 0) is 12.1 Å². The second-order valence-corrected chi connectivity index (χ2v) is 3.82. The molecule has 1 aromatic carbocycles. The summed E-state index contributed by atoms with van der Waals surface area (Å²) in [4.78, 5) is 15.1. The highest BCUT2D eigenvalue weighted by molar-refractivity contribution is 5.91. The van der Waals surface area contributed by atoms with E-state index in [-0.39, 0.29) is 6.54 Å². The first-order valence-electron chi connectivity index (χ1n) is 5.55. The zero-order valence-corrected chi connectivity index (χ0v) is 9.96. The van der Waals surface area contributed by atoms with Crippen LogP contribution in [-0.2, 0) is 9.53 Å². The Hall–Kier alpha value is -2.14. The SMILES string of the molecule is COC(CNc1ccnc2ccccc12)C(=O)O. The molecule has 0 bridgehead atoms. The van der Waals surface area contributed by atoms with Crippen LogP contribution >= 0.6 is 0 Å². The molecule has 94 valence electrons. The number of nitrogens with one attached hydrogen (secondary N) is 1. The third-order valence-corrected chi connectivity index (χ3v) is 2.69. The van der Waals surface area contributed by atoms with Crippen molar-refractivity contribution in [2.75, 3.05) is 19.0 Å². The number of ether oxygens (including phenoxy) is 1. The average molecular weight is 246 g/mol. The van der Waals surface area contributed by atoms with E-state index in [1.165, 1.54) is 7.11 Å². The molecule has 1 aromatic heterocycles. The Bertz CT molecular complexity index is 551. The van der Waals surface area contributed by atoms with Gasteiger partial charge in [0.1, 0.15) is 0 Å². The van der Waals surface area contributed by atoms with Gasteiger partial charge in [-0.15, -0.1) is 0 Å². The van der Waals surface area contributed by atoms with Crippen LogP contribution in [0.5, 0.6) is 0 Å². The molecule has 5 nitrogen and oxygen atoms in total. The summed E-state index contributed by atoms with van der Waals surface area (Å²) in [6, 6.07) is 9.49. The maximum atomic E-state index is 10.8. The molecule has 0 aliphatic heterocycles. The van der Waals surface area contributed by atoms with E-state index < -0.39 is 12.1 Å². The third-order valence-electron chi connectivity index (χ3n) is 2.69. The molecule has 1 unspecified atom stereocenters. The Morgan fingerprint density at radius 1 is 1.44 bits per heavy atom. The molecule has 0 amide bonds. The zero-order valence-electron chi connectivity index (χ0n) is 9.96. The van der Waals surface area contributed by atoms with Gasteiger partial charge in [0.05, 0.1) is 12.1 Å². The van der Waals surface area contributed by atoms with Crippen molar-refractivity contribution < 1.29 is 14.6 Å². The van der Waals surface area contributed by atoms with Gasteiger partial charge in [0.2, 0.25) is 0 Å². The van der Waals surface area contributed by atoms with E-state index >= 15 is 0 Å². The van der Waals surface area contributed by atoms with E-state index in [9.17, 15) is 4.79 Å². The fourth-order valence-electron chi connectivity index (χ4n) is 1.72. The second kappa shape index (κ2) is 5.46. The topological polar surface area (TPSA) is 71.5 Å². The van der Waals surface area contributed by atoms with Crippen LogP contribution in [0.15, 0.2) is 36.5 Å². The van der Waals surface area contributed by atoms with Gasteiger partial charge in [0, 0.05) is 24.4 Å². The lowest BCUT2D eigenvalue weighted by molar-refractivity contribution is -0.147. The lowest BCUT2D eigenvalue weighted by Gasteiger charge is -2.13. The molecule has 0 spiro atoms. The number of hydrogen-bond acceptors (Lipinski definition) is 4. The van der Waals surface area contributed by atoms with Crippen molar-refractivity contribution in [3.63, 3.8) is 0 Å². The van der Waals surface area contributed by atoms with E-state index in [2.05, 4.69) is 10.3 Å². The number of aromatic nitrogens is 1. The predicted octanol–water partition coefficient (Wildman–Crippen LogP) is 1.75. The van der Waals surface area contributed by atoms with E-state index in [0.717, 1.165) is 16.6 Å². The maximum absolute atomic E-state index is 10.8. The molecule has 1 atom stereocenters. The molecule has 0 fully saturated rings. The van der Waals surface area contributed by atoms with Gasteiger partial charge in [-0.3, -0.25) is 4.98 Å². The number of carbonyl (C=O) groups is 1. The van der Waals surface area contributed by atoms with Crippen molar-refractivity contribution in [3.8, 4) is 0 Å². The summed E-state index contributed by atoms with van der Waals surface area (Å²) in [5.74, 6) is -0.983. The molecular formula is C13H14N2O3. The first-order chi connectivity index (χ1) is 8.72. The predicted molar refractivity (Wildman–Crippen MR) is 68.7 cm³/mol. The molecule has 0 radical (unpaired) electrons. The Morgan fingerprint density at radius 3 is 2.94 bits per heavy atom. The molecule has 1 heterocycles. The lowest BCUT2D eigenvalue weighted by Crippen LogP contribution is -2.30. The number of nitrogens with zero attached hydrogens (tertiary/aromatic N) is 1. The summed E-state index contributed by atoms with van der Waals surface area (Å²) < 4.78 is 4.87. The number of anilines is 1. The quantitative estimate of drug-likeness (QED) is 0.841. The number of rotatable bonds is 5. The minimum atomic E-state index is -0.983. The van der Waals surface area contributed by atoms with Crippen molar-refractivity contribution in [2.24, 2.45) is 0 Å². The third kappa shape index (κ3) is 2.57. The highest BCUT2D eigenvalue weighted by atomic mass is 16.5.